The molecule has 0 aliphatic heterocycles. The molecule has 0 N–H and O–H groups in total. The summed E-state index contributed by atoms with van der Waals surface area (Å²) in [4.78, 5) is 10.4. The van der Waals surface area contributed by atoms with E-state index < -0.39 is 0 Å². The Morgan fingerprint density at radius 2 is 2.25 bits per heavy atom. The number of pyridine rings is 1. The van der Waals surface area contributed by atoms with Gasteiger partial charge in [-0.05, 0) is 19.1 Å². The summed E-state index contributed by atoms with van der Waals surface area (Å²) in [6.45, 7) is 1.84. The lowest BCUT2D eigenvalue weighted by atomic mass is 10.3. The van der Waals surface area contributed by atoms with Crippen molar-refractivity contribution in [3.05, 3.63) is 29.7 Å². The first-order valence-corrected chi connectivity index (χ1v) is 3.58. The molecule has 2 rings (SSSR count). The molecule has 4 heteroatoms. The molecule has 60 valence electrons. The van der Waals surface area contributed by atoms with Crippen molar-refractivity contribution >= 4 is 11.9 Å². The minimum Gasteiger partial charge on any atom is -0.298 e. The van der Waals surface area contributed by atoms with Crippen LogP contribution in [0.5, 0.6) is 0 Å². The molecule has 0 saturated heterocycles. The number of aromatic nitrogens is 3. The summed E-state index contributed by atoms with van der Waals surface area (Å²) in [5.41, 5.74) is 1.39. The van der Waals surface area contributed by atoms with Gasteiger partial charge in [-0.25, -0.2) is 0 Å². The Morgan fingerprint density at radius 3 is 3.00 bits per heavy atom. The van der Waals surface area contributed by atoms with E-state index in [9.17, 15) is 4.79 Å². The highest BCUT2D eigenvalue weighted by Gasteiger charge is 1.99. The molecule has 0 spiro atoms. The second-order valence-electron chi connectivity index (χ2n) is 2.56. The Labute approximate surface area is 68.8 Å². The highest BCUT2D eigenvalue weighted by Crippen LogP contribution is 2.03. The lowest BCUT2D eigenvalue weighted by Gasteiger charge is -1.94. The fourth-order valence-electron chi connectivity index (χ4n) is 1.09. The molecule has 0 unspecified atom stereocenters. The molecule has 2 aromatic rings. The van der Waals surface area contributed by atoms with Crippen LogP contribution in [0, 0.1) is 6.92 Å². The van der Waals surface area contributed by atoms with Gasteiger partial charge in [0.15, 0.2) is 11.9 Å². The van der Waals surface area contributed by atoms with Crippen LogP contribution in [0.25, 0.3) is 5.65 Å². The van der Waals surface area contributed by atoms with Crippen molar-refractivity contribution in [3.63, 3.8) is 0 Å². The average Bonchev–Trinajstić information content (AvgIpc) is 2.47. The van der Waals surface area contributed by atoms with Crippen molar-refractivity contribution in [1.29, 1.82) is 0 Å². The van der Waals surface area contributed by atoms with E-state index in [-0.39, 0.29) is 0 Å². The maximum atomic E-state index is 10.4. The van der Waals surface area contributed by atoms with Crippen LogP contribution >= 0.6 is 0 Å². The minimum absolute atomic E-state index is 0.630. The zero-order chi connectivity index (χ0) is 8.55. The summed E-state index contributed by atoms with van der Waals surface area (Å²) >= 11 is 0. The lowest BCUT2D eigenvalue weighted by Crippen LogP contribution is -1.90. The van der Waals surface area contributed by atoms with Crippen LogP contribution in [0.15, 0.2) is 18.3 Å². The van der Waals surface area contributed by atoms with E-state index in [1.165, 1.54) is 0 Å². The first kappa shape index (κ1) is 6.97. The predicted octanol–water partition coefficient (Wildman–Crippen LogP) is 0.850. The molecule has 0 aromatic carbocycles. The van der Waals surface area contributed by atoms with Gasteiger partial charge in [-0.3, -0.25) is 9.20 Å². The molecule has 0 bridgehead atoms. The molecule has 0 radical (unpaired) electrons. The third kappa shape index (κ3) is 0.887. The molecule has 0 aliphatic carbocycles. The van der Waals surface area contributed by atoms with Crippen molar-refractivity contribution < 1.29 is 4.79 Å². The van der Waals surface area contributed by atoms with Crippen LogP contribution in [0.1, 0.15) is 16.2 Å². The number of aryl methyl sites for hydroxylation is 1. The van der Waals surface area contributed by atoms with E-state index in [0.717, 1.165) is 17.8 Å². The van der Waals surface area contributed by atoms with Gasteiger partial charge in [0, 0.05) is 11.8 Å². The molecule has 0 fully saturated rings. The van der Waals surface area contributed by atoms with E-state index in [1.54, 1.807) is 22.7 Å². The van der Waals surface area contributed by atoms with Crippen LogP contribution in [0.3, 0.4) is 0 Å². The van der Waals surface area contributed by atoms with Gasteiger partial charge in [-0.15, -0.1) is 10.2 Å². The zero-order valence-electron chi connectivity index (χ0n) is 6.56. The van der Waals surface area contributed by atoms with E-state index in [2.05, 4.69) is 10.2 Å². The Kier molecular flexibility index (Phi) is 1.40. The summed E-state index contributed by atoms with van der Waals surface area (Å²) in [5.74, 6) is 0.786. The second kappa shape index (κ2) is 2.41. The Morgan fingerprint density at radius 1 is 1.42 bits per heavy atom. The van der Waals surface area contributed by atoms with Gasteiger partial charge in [0.05, 0.1) is 0 Å². The smallest absolute Gasteiger partial charge is 0.160 e. The zero-order valence-corrected chi connectivity index (χ0v) is 6.56. The number of hydrogen-bond acceptors (Lipinski definition) is 3. The third-order valence-electron chi connectivity index (χ3n) is 1.73. The van der Waals surface area contributed by atoms with E-state index in [0.29, 0.717) is 5.56 Å². The number of hydrogen-bond donors (Lipinski definition) is 0. The van der Waals surface area contributed by atoms with E-state index >= 15 is 0 Å². The molecule has 2 aromatic heterocycles. The highest BCUT2D eigenvalue weighted by molar-refractivity contribution is 5.74. The molecule has 12 heavy (non-hydrogen) atoms. The van der Waals surface area contributed by atoms with Gasteiger partial charge >= 0.3 is 0 Å². The minimum atomic E-state index is 0.630. The topological polar surface area (TPSA) is 47.3 Å². The van der Waals surface area contributed by atoms with Crippen LogP contribution in [-0.2, 0) is 0 Å². The van der Waals surface area contributed by atoms with Gasteiger partial charge in [-0.2, -0.15) is 0 Å². The summed E-state index contributed by atoms with van der Waals surface area (Å²) in [6, 6.07) is 3.49. The number of carbonyl (C=O) groups is 1. The predicted molar refractivity (Wildman–Crippen MR) is 43.1 cm³/mol. The van der Waals surface area contributed by atoms with Crippen LogP contribution in [0.4, 0.5) is 0 Å². The van der Waals surface area contributed by atoms with Gasteiger partial charge in [0.25, 0.3) is 0 Å². The molecular weight excluding hydrogens is 154 g/mol. The number of rotatable bonds is 1. The number of aldehydes is 1. The first-order valence-electron chi connectivity index (χ1n) is 3.58. The molecule has 0 amide bonds. The Bertz CT molecular complexity index is 433. The van der Waals surface area contributed by atoms with Gasteiger partial charge in [-0.1, -0.05) is 0 Å². The largest absolute Gasteiger partial charge is 0.298 e. The fourth-order valence-corrected chi connectivity index (χ4v) is 1.09. The molecule has 0 saturated carbocycles. The van der Waals surface area contributed by atoms with Crippen molar-refractivity contribution in [2.24, 2.45) is 0 Å². The van der Waals surface area contributed by atoms with Crippen molar-refractivity contribution in [2.75, 3.05) is 0 Å². The number of fused-ring (bicyclic) bond motifs is 1. The molecule has 0 atom stereocenters. The summed E-state index contributed by atoms with van der Waals surface area (Å²) in [7, 11) is 0. The van der Waals surface area contributed by atoms with Crippen molar-refractivity contribution in [3.8, 4) is 0 Å². The standard InChI is InChI=1S/C8H7N3O/c1-6-9-10-8-3-2-7(5-12)4-11(6)8/h2-5H,1H3. The Hall–Kier alpha value is -1.71. The first-order chi connectivity index (χ1) is 5.81. The fraction of sp³-hybridized carbons (Fsp3) is 0.125. The monoisotopic (exact) mass is 161 g/mol. The number of carbonyl (C=O) groups excluding carboxylic acids is 1. The SMILES string of the molecule is Cc1nnc2ccc(C=O)cn12. The van der Waals surface area contributed by atoms with Crippen LogP contribution in [-0.4, -0.2) is 20.9 Å². The van der Waals surface area contributed by atoms with Gasteiger partial charge < -0.3 is 0 Å². The maximum Gasteiger partial charge on any atom is 0.160 e. The average molecular weight is 161 g/mol. The molecule has 4 nitrogen and oxygen atoms in total. The summed E-state index contributed by atoms with van der Waals surface area (Å²) < 4.78 is 1.78. The maximum absolute atomic E-state index is 10.4. The summed E-state index contributed by atoms with van der Waals surface area (Å²) in [5, 5.41) is 7.76. The normalized spacial score (nSPS) is 10.4. The van der Waals surface area contributed by atoms with Gasteiger partial charge in [0.1, 0.15) is 5.82 Å². The Balaban J connectivity index is 2.79. The lowest BCUT2D eigenvalue weighted by molar-refractivity contribution is 0.112. The van der Waals surface area contributed by atoms with Crippen LogP contribution < -0.4 is 0 Å². The summed E-state index contributed by atoms with van der Waals surface area (Å²) in [6.07, 6.45) is 2.52. The van der Waals surface area contributed by atoms with E-state index in [4.69, 9.17) is 0 Å². The quantitative estimate of drug-likeness (QED) is 0.582. The van der Waals surface area contributed by atoms with Gasteiger partial charge in [0.2, 0.25) is 0 Å². The number of nitrogens with zero attached hydrogens (tertiary/aromatic N) is 3. The molecule has 0 aliphatic rings. The van der Waals surface area contributed by atoms with E-state index in [1.807, 2.05) is 6.92 Å². The molecule has 2 heterocycles. The highest BCUT2D eigenvalue weighted by atomic mass is 16.1. The third-order valence-corrected chi connectivity index (χ3v) is 1.73. The van der Waals surface area contributed by atoms with Crippen molar-refractivity contribution in [1.82, 2.24) is 14.6 Å². The molecular formula is C8H7N3O. The second-order valence-corrected chi connectivity index (χ2v) is 2.56. The van der Waals surface area contributed by atoms with Crippen molar-refractivity contribution in [2.45, 2.75) is 6.92 Å². The van der Waals surface area contributed by atoms with Crippen LogP contribution in [0.2, 0.25) is 0 Å².